The fraction of sp³-hybridized carbons (Fsp3) is 0.500. The molecule has 1 aromatic rings. The fourth-order valence-electron chi connectivity index (χ4n) is 1.59. The highest BCUT2D eigenvalue weighted by Gasteiger charge is 2.17. The molecule has 0 unspecified atom stereocenters. The lowest BCUT2D eigenvalue weighted by atomic mass is 10.4. The SMILES string of the molecule is CN1CCN(Nc2nc(F)c(F)cc2F)CC1. The molecule has 0 aliphatic carbocycles. The summed E-state index contributed by atoms with van der Waals surface area (Å²) < 4.78 is 38.8. The van der Waals surface area contributed by atoms with Crippen molar-refractivity contribution in [1.29, 1.82) is 0 Å². The molecule has 0 atom stereocenters. The van der Waals surface area contributed by atoms with Crippen molar-refractivity contribution in [2.24, 2.45) is 0 Å². The van der Waals surface area contributed by atoms with E-state index in [9.17, 15) is 13.2 Å². The lowest BCUT2D eigenvalue weighted by Gasteiger charge is -2.32. The summed E-state index contributed by atoms with van der Waals surface area (Å²) in [7, 11) is 1.98. The Hall–Kier alpha value is -1.34. The summed E-state index contributed by atoms with van der Waals surface area (Å²) in [5.41, 5.74) is 2.65. The smallest absolute Gasteiger partial charge is 0.251 e. The second kappa shape index (κ2) is 4.89. The third-order valence-electron chi connectivity index (χ3n) is 2.65. The van der Waals surface area contributed by atoms with Crippen molar-refractivity contribution in [1.82, 2.24) is 14.9 Å². The van der Waals surface area contributed by atoms with E-state index in [0.29, 0.717) is 19.2 Å². The third-order valence-corrected chi connectivity index (χ3v) is 2.65. The highest BCUT2D eigenvalue weighted by Crippen LogP contribution is 2.15. The zero-order valence-electron chi connectivity index (χ0n) is 9.38. The molecule has 1 aliphatic heterocycles. The Labute approximate surface area is 97.0 Å². The van der Waals surface area contributed by atoms with Gasteiger partial charge in [-0.05, 0) is 7.05 Å². The van der Waals surface area contributed by atoms with Gasteiger partial charge in [-0.2, -0.15) is 9.37 Å². The van der Waals surface area contributed by atoms with E-state index in [1.807, 2.05) is 7.05 Å². The van der Waals surface area contributed by atoms with Crippen molar-refractivity contribution in [2.75, 3.05) is 38.7 Å². The van der Waals surface area contributed by atoms with E-state index in [1.54, 1.807) is 5.01 Å². The molecule has 1 aliphatic rings. The predicted octanol–water partition coefficient (Wildman–Crippen LogP) is 1.07. The highest BCUT2D eigenvalue weighted by atomic mass is 19.2. The largest absolute Gasteiger partial charge is 0.304 e. The molecule has 0 bridgehead atoms. The number of hydrazine groups is 1. The number of piperazine rings is 1. The van der Waals surface area contributed by atoms with E-state index in [4.69, 9.17) is 0 Å². The first-order valence-electron chi connectivity index (χ1n) is 5.28. The molecular formula is C10H13F3N4. The van der Waals surface area contributed by atoms with Crippen LogP contribution in [0.3, 0.4) is 0 Å². The minimum Gasteiger partial charge on any atom is -0.304 e. The Kier molecular flexibility index (Phi) is 3.49. The van der Waals surface area contributed by atoms with Gasteiger partial charge in [0.25, 0.3) is 5.95 Å². The Morgan fingerprint density at radius 1 is 1.12 bits per heavy atom. The van der Waals surface area contributed by atoms with Crippen molar-refractivity contribution in [3.8, 4) is 0 Å². The molecule has 2 rings (SSSR count). The van der Waals surface area contributed by atoms with Gasteiger partial charge in [-0.15, -0.1) is 0 Å². The first-order chi connectivity index (χ1) is 8.06. The van der Waals surface area contributed by atoms with E-state index in [1.165, 1.54) is 0 Å². The van der Waals surface area contributed by atoms with Crippen LogP contribution in [0.4, 0.5) is 19.0 Å². The first kappa shape index (κ1) is 12.1. The third kappa shape index (κ3) is 2.86. The number of likely N-dealkylation sites (N-methyl/N-ethyl adjacent to an activating group) is 1. The average molecular weight is 246 g/mol. The summed E-state index contributed by atoms with van der Waals surface area (Å²) >= 11 is 0. The molecular weight excluding hydrogens is 233 g/mol. The van der Waals surface area contributed by atoms with Crippen molar-refractivity contribution >= 4 is 5.82 Å². The molecule has 0 radical (unpaired) electrons. The molecule has 1 N–H and O–H groups in total. The minimum absolute atomic E-state index is 0.284. The zero-order chi connectivity index (χ0) is 12.4. The van der Waals surface area contributed by atoms with Gasteiger partial charge in [0, 0.05) is 32.2 Å². The van der Waals surface area contributed by atoms with Gasteiger partial charge in [0.1, 0.15) is 0 Å². The van der Waals surface area contributed by atoms with Gasteiger partial charge in [-0.25, -0.2) is 13.8 Å². The van der Waals surface area contributed by atoms with Gasteiger partial charge in [0.2, 0.25) is 0 Å². The fourth-order valence-corrected chi connectivity index (χ4v) is 1.59. The molecule has 1 fully saturated rings. The van der Waals surface area contributed by atoms with Crippen molar-refractivity contribution in [2.45, 2.75) is 0 Å². The van der Waals surface area contributed by atoms with Crippen LogP contribution < -0.4 is 5.43 Å². The molecule has 4 nitrogen and oxygen atoms in total. The van der Waals surface area contributed by atoms with Crippen LogP contribution in [0.25, 0.3) is 0 Å². The first-order valence-corrected chi connectivity index (χ1v) is 5.28. The molecule has 0 aromatic carbocycles. The number of hydrogen-bond donors (Lipinski definition) is 1. The molecule has 0 amide bonds. The quantitative estimate of drug-likeness (QED) is 0.791. The second-order valence-corrected chi connectivity index (χ2v) is 3.99. The lowest BCUT2D eigenvalue weighted by Crippen LogP contribution is -2.47. The summed E-state index contributed by atoms with van der Waals surface area (Å²) in [5.74, 6) is -3.77. The number of rotatable bonds is 2. The van der Waals surface area contributed by atoms with E-state index in [0.717, 1.165) is 13.1 Å². The van der Waals surface area contributed by atoms with Crippen LogP contribution in [-0.4, -0.2) is 48.1 Å². The monoisotopic (exact) mass is 246 g/mol. The maximum atomic E-state index is 13.3. The molecule has 0 spiro atoms. The van der Waals surface area contributed by atoms with Crippen LogP contribution in [0.1, 0.15) is 0 Å². The van der Waals surface area contributed by atoms with E-state index in [2.05, 4.69) is 15.3 Å². The van der Waals surface area contributed by atoms with Gasteiger partial charge in [-0.3, -0.25) is 0 Å². The molecule has 2 heterocycles. The number of halogens is 3. The number of aromatic nitrogens is 1. The van der Waals surface area contributed by atoms with Crippen LogP contribution in [-0.2, 0) is 0 Å². The number of nitrogens with one attached hydrogen (secondary N) is 1. The Balaban J connectivity index is 2.06. The van der Waals surface area contributed by atoms with E-state index < -0.39 is 17.6 Å². The van der Waals surface area contributed by atoms with Gasteiger partial charge in [0.15, 0.2) is 17.5 Å². The minimum atomic E-state index is -1.30. The van der Waals surface area contributed by atoms with Crippen LogP contribution in [0.2, 0.25) is 0 Å². The summed E-state index contributed by atoms with van der Waals surface area (Å²) in [6, 6.07) is 0.487. The molecule has 94 valence electrons. The zero-order valence-corrected chi connectivity index (χ0v) is 9.38. The Morgan fingerprint density at radius 3 is 2.41 bits per heavy atom. The van der Waals surface area contributed by atoms with Gasteiger partial charge < -0.3 is 10.3 Å². The molecule has 1 saturated heterocycles. The molecule has 7 heteroatoms. The maximum absolute atomic E-state index is 13.3. The van der Waals surface area contributed by atoms with Crippen LogP contribution in [0.5, 0.6) is 0 Å². The number of pyridine rings is 1. The lowest BCUT2D eigenvalue weighted by molar-refractivity contribution is 0.177. The standard InChI is InChI=1S/C10H13F3N4/c1-16-2-4-17(5-3-16)15-10-8(12)6-7(11)9(13)14-10/h6H,2-5H2,1H3,(H,14,15). The van der Waals surface area contributed by atoms with Crippen molar-refractivity contribution in [3.63, 3.8) is 0 Å². The van der Waals surface area contributed by atoms with Crippen LogP contribution in [0, 0.1) is 17.6 Å². The van der Waals surface area contributed by atoms with Crippen molar-refractivity contribution in [3.05, 3.63) is 23.6 Å². The summed E-state index contributed by atoms with van der Waals surface area (Å²) in [4.78, 5) is 5.32. The number of hydrogen-bond acceptors (Lipinski definition) is 4. The summed E-state index contributed by atoms with van der Waals surface area (Å²) in [5, 5.41) is 1.72. The average Bonchev–Trinajstić information content (AvgIpc) is 2.29. The van der Waals surface area contributed by atoms with Crippen LogP contribution in [0.15, 0.2) is 6.07 Å². The number of nitrogens with zero attached hydrogens (tertiary/aromatic N) is 3. The normalized spacial score (nSPS) is 18.4. The van der Waals surface area contributed by atoms with Gasteiger partial charge in [0.05, 0.1) is 0 Å². The van der Waals surface area contributed by atoms with Gasteiger partial charge >= 0.3 is 0 Å². The Bertz CT molecular complexity index is 405. The van der Waals surface area contributed by atoms with Crippen molar-refractivity contribution < 1.29 is 13.2 Å². The second-order valence-electron chi connectivity index (χ2n) is 3.99. The molecule has 1 aromatic heterocycles. The topological polar surface area (TPSA) is 31.4 Å². The predicted molar refractivity (Wildman–Crippen MR) is 56.8 cm³/mol. The number of anilines is 1. The van der Waals surface area contributed by atoms with E-state index >= 15 is 0 Å². The highest BCUT2D eigenvalue weighted by molar-refractivity contribution is 5.35. The van der Waals surface area contributed by atoms with E-state index in [-0.39, 0.29) is 5.82 Å². The Morgan fingerprint density at radius 2 is 1.76 bits per heavy atom. The summed E-state index contributed by atoms with van der Waals surface area (Å²) in [6.45, 7) is 2.96. The van der Waals surface area contributed by atoms with Gasteiger partial charge in [-0.1, -0.05) is 0 Å². The maximum Gasteiger partial charge on any atom is 0.251 e. The molecule has 17 heavy (non-hydrogen) atoms. The van der Waals surface area contributed by atoms with Crippen LogP contribution >= 0.6 is 0 Å². The summed E-state index contributed by atoms with van der Waals surface area (Å²) in [6.07, 6.45) is 0. The molecule has 0 saturated carbocycles.